The van der Waals surface area contributed by atoms with Gasteiger partial charge in [0.1, 0.15) is 0 Å². The van der Waals surface area contributed by atoms with Gasteiger partial charge in [-0.25, -0.2) is 0 Å². The summed E-state index contributed by atoms with van der Waals surface area (Å²) in [4.78, 5) is 11.9. The van der Waals surface area contributed by atoms with Crippen LogP contribution in [-0.4, -0.2) is 34.9 Å². The van der Waals surface area contributed by atoms with Gasteiger partial charge in [-0.15, -0.1) is 0 Å². The number of aliphatic hydroxyl groups excluding tert-OH is 2. The fourth-order valence-electron chi connectivity index (χ4n) is 2.65. The third kappa shape index (κ3) is 13.6. The Labute approximate surface area is 148 Å². The first kappa shape index (κ1) is 23.1. The summed E-state index contributed by atoms with van der Waals surface area (Å²) in [6, 6.07) is -0.607. The molecule has 0 heterocycles. The van der Waals surface area contributed by atoms with E-state index in [2.05, 4.69) is 19.2 Å². The average Bonchev–Trinajstić information content (AvgIpc) is 2.58. The monoisotopic (exact) mass is 341 g/mol. The smallest absolute Gasteiger partial charge is 0.220 e. The predicted molar refractivity (Wildman–Crippen MR) is 101 cm³/mol. The van der Waals surface area contributed by atoms with Crippen molar-refractivity contribution < 1.29 is 15.0 Å². The van der Waals surface area contributed by atoms with Crippen LogP contribution in [0.2, 0.25) is 0 Å². The van der Waals surface area contributed by atoms with Gasteiger partial charge in [-0.1, -0.05) is 83.8 Å². The van der Waals surface area contributed by atoms with Crippen LogP contribution in [0.5, 0.6) is 0 Å². The van der Waals surface area contributed by atoms with Gasteiger partial charge in [0.05, 0.1) is 18.8 Å². The molecule has 24 heavy (non-hydrogen) atoms. The molecule has 0 aliphatic heterocycles. The minimum absolute atomic E-state index is 0.0834. The molecule has 3 N–H and O–H groups in total. The van der Waals surface area contributed by atoms with E-state index in [0.29, 0.717) is 6.42 Å². The van der Waals surface area contributed by atoms with E-state index in [-0.39, 0.29) is 12.5 Å². The number of amides is 1. The van der Waals surface area contributed by atoms with Gasteiger partial charge < -0.3 is 15.5 Å². The first-order valence-corrected chi connectivity index (χ1v) is 9.90. The van der Waals surface area contributed by atoms with Gasteiger partial charge in [0, 0.05) is 6.42 Å². The number of hydrogen-bond donors (Lipinski definition) is 3. The highest BCUT2D eigenvalue weighted by molar-refractivity contribution is 5.76. The lowest BCUT2D eigenvalue weighted by Gasteiger charge is -2.19. The molecule has 0 spiro atoms. The maximum atomic E-state index is 11.9. The van der Waals surface area contributed by atoms with Gasteiger partial charge in [-0.3, -0.25) is 4.79 Å². The molecule has 1 amide bonds. The molecule has 2 atom stereocenters. The lowest BCUT2D eigenvalue weighted by Crippen LogP contribution is -2.45. The molecule has 0 aliphatic rings. The van der Waals surface area contributed by atoms with E-state index in [1.165, 1.54) is 44.9 Å². The molecule has 0 aromatic heterocycles. The molecule has 2 unspecified atom stereocenters. The molecule has 4 heteroatoms. The van der Waals surface area contributed by atoms with Crippen molar-refractivity contribution in [3.05, 3.63) is 12.2 Å². The number of carbonyl (C=O) groups excluding carboxylic acids is 1. The fraction of sp³-hybridized carbons (Fsp3) is 0.850. The average molecular weight is 342 g/mol. The fourth-order valence-corrected chi connectivity index (χ4v) is 2.65. The third-order valence-corrected chi connectivity index (χ3v) is 4.25. The van der Waals surface area contributed by atoms with E-state index >= 15 is 0 Å². The zero-order chi connectivity index (χ0) is 18.0. The Balaban J connectivity index is 3.71. The number of carbonyl (C=O) groups is 1. The van der Waals surface area contributed by atoms with Crippen LogP contribution in [0.15, 0.2) is 12.2 Å². The summed E-state index contributed by atoms with van der Waals surface area (Å²) >= 11 is 0. The molecule has 0 radical (unpaired) electrons. The van der Waals surface area contributed by atoms with Crippen molar-refractivity contribution in [2.75, 3.05) is 6.61 Å². The Bertz CT molecular complexity index is 318. The molecule has 4 nitrogen and oxygen atoms in total. The van der Waals surface area contributed by atoms with Crippen molar-refractivity contribution >= 4 is 5.91 Å². The standard InChI is InChI=1S/C20H39NO3/c1-3-5-7-8-9-10-11-12-14-16-20(24)21-18(17-22)19(23)15-13-6-4-2/h13,15,18-19,22-23H,3-12,14,16-17H2,1-2H3,(H,21,24)/b15-13+. The molecule has 0 fully saturated rings. The van der Waals surface area contributed by atoms with Crippen LogP contribution in [0, 0.1) is 0 Å². The normalized spacial score (nSPS) is 14.0. The lowest BCUT2D eigenvalue weighted by atomic mass is 10.1. The number of aliphatic hydroxyl groups is 2. The van der Waals surface area contributed by atoms with Crippen LogP contribution in [-0.2, 0) is 4.79 Å². The molecule has 0 bridgehead atoms. The summed E-state index contributed by atoms with van der Waals surface area (Å²) in [5.74, 6) is -0.0834. The van der Waals surface area contributed by atoms with Gasteiger partial charge in [0.2, 0.25) is 5.91 Å². The summed E-state index contributed by atoms with van der Waals surface area (Å²) in [7, 11) is 0. The topological polar surface area (TPSA) is 69.6 Å². The van der Waals surface area contributed by atoms with Gasteiger partial charge in [-0.2, -0.15) is 0 Å². The molecule has 0 rings (SSSR count). The van der Waals surface area contributed by atoms with E-state index in [1.807, 2.05) is 6.08 Å². The number of nitrogens with one attached hydrogen (secondary N) is 1. The maximum absolute atomic E-state index is 11.9. The second-order valence-corrected chi connectivity index (χ2v) is 6.64. The van der Waals surface area contributed by atoms with Crippen LogP contribution in [0.25, 0.3) is 0 Å². The summed E-state index contributed by atoms with van der Waals surface area (Å²) in [6.45, 7) is 4.04. The van der Waals surface area contributed by atoms with E-state index in [9.17, 15) is 15.0 Å². The molecule has 0 aliphatic carbocycles. The zero-order valence-corrected chi connectivity index (χ0v) is 15.8. The highest BCUT2D eigenvalue weighted by Gasteiger charge is 2.17. The van der Waals surface area contributed by atoms with Crippen LogP contribution in [0.1, 0.15) is 90.9 Å². The number of unbranched alkanes of at least 4 members (excludes halogenated alkanes) is 9. The van der Waals surface area contributed by atoms with E-state index in [4.69, 9.17) is 0 Å². The van der Waals surface area contributed by atoms with E-state index in [1.54, 1.807) is 6.08 Å². The molecular weight excluding hydrogens is 302 g/mol. The second kappa shape index (κ2) is 17.0. The lowest BCUT2D eigenvalue weighted by molar-refractivity contribution is -0.123. The molecule has 0 aromatic rings. The Morgan fingerprint density at radius 2 is 1.54 bits per heavy atom. The second-order valence-electron chi connectivity index (χ2n) is 6.64. The summed E-state index contributed by atoms with van der Waals surface area (Å²) in [6.07, 6.45) is 16.1. The summed E-state index contributed by atoms with van der Waals surface area (Å²) in [5, 5.41) is 22.0. The van der Waals surface area contributed by atoms with Crippen molar-refractivity contribution in [1.82, 2.24) is 5.32 Å². The van der Waals surface area contributed by atoms with Crippen molar-refractivity contribution in [3.8, 4) is 0 Å². The molecular formula is C20H39NO3. The molecule has 142 valence electrons. The van der Waals surface area contributed by atoms with Crippen LogP contribution >= 0.6 is 0 Å². The predicted octanol–water partition coefficient (Wildman–Crippen LogP) is 4.10. The van der Waals surface area contributed by atoms with E-state index < -0.39 is 12.1 Å². The summed E-state index contributed by atoms with van der Waals surface area (Å²) < 4.78 is 0. The third-order valence-electron chi connectivity index (χ3n) is 4.25. The van der Waals surface area contributed by atoms with Gasteiger partial charge in [0.15, 0.2) is 0 Å². The van der Waals surface area contributed by atoms with Gasteiger partial charge >= 0.3 is 0 Å². The Hall–Kier alpha value is -0.870. The van der Waals surface area contributed by atoms with Crippen LogP contribution in [0.4, 0.5) is 0 Å². The maximum Gasteiger partial charge on any atom is 0.220 e. The highest BCUT2D eigenvalue weighted by atomic mass is 16.3. The number of allylic oxidation sites excluding steroid dienone is 1. The Morgan fingerprint density at radius 3 is 2.08 bits per heavy atom. The SMILES string of the molecule is CCC/C=C/C(O)C(CO)NC(=O)CCCCCCCCCCC. The quantitative estimate of drug-likeness (QED) is 0.292. The molecule has 0 aromatic carbocycles. The van der Waals surface area contributed by atoms with Crippen molar-refractivity contribution in [1.29, 1.82) is 0 Å². The Kier molecular flexibility index (Phi) is 16.4. The van der Waals surface area contributed by atoms with Crippen molar-refractivity contribution in [3.63, 3.8) is 0 Å². The molecule has 0 saturated carbocycles. The van der Waals surface area contributed by atoms with Crippen LogP contribution < -0.4 is 5.32 Å². The highest BCUT2D eigenvalue weighted by Crippen LogP contribution is 2.10. The molecule has 0 saturated heterocycles. The van der Waals surface area contributed by atoms with E-state index in [0.717, 1.165) is 25.7 Å². The zero-order valence-electron chi connectivity index (χ0n) is 15.8. The van der Waals surface area contributed by atoms with Gasteiger partial charge in [-0.05, 0) is 12.8 Å². The minimum Gasteiger partial charge on any atom is -0.394 e. The number of rotatable bonds is 16. The van der Waals surface area contributed by atoms with Gasteiger partial charge in [0.25, 0.3) is 0 Å². The first-order chi connectivity index (χ1) is 11.7. The Morgan fingerprint density at radius 1 is 0.958 bits per heavy atom. The number of hydrogen-bond acceptors (Lipinski definition) is 3. The minimum atomic E-state index is -0.825. The largest absolute Gasteiger partial charge is 0.394 e. The van der Waals surface area contributed by atoms with Crippen LogP contribution in [0.3, 0.4) is 0 Å². The van der Waals surface area contributed by atoms with Crippen molar-refractivity contribution in [2.45, 2.75) is 103 Å². The first-order valence-electron chi connectivity index (χ1n) is 9.90. The summed E-state index contributed by atoms with van der Waals surface area (Å²) in [5.41, 5.74) is 0. The van der Waals surface area contributed by atoms with Crippen molar-refractivity contribution in [2.24, 2.45) is 0 Å².